The summed E-state index contributed by atoms with van der Waals surface area (Å²) in [6.45, 7) is 0.130. The number of hydrogen-bond acceptors (Lipinski definition) is 9. The van der Waals surface area contributed by atoms with Crippen molar-refractivity contribution in [3.8, 4) is 11.5 Å². The number of guanidine groups is 1. The van der Waals surface area contributed by atoms with Gasteiger partial charge in [0.2, 0.25) is 23.6 Å². The lowest BCUT2D eigenvalue weighted by Gasteiger charge is -2.25. The second-order valence-corrected chi connectivity index (χ2v) is 10.3. The maximum atomic E-state index is 13.4. The molecule has 0 bridgehead atoms. The van der Waals surface area contributed by atoms with Crippen LogP contribution < -0.4 is 38.9 Å². The van der Waals surface area contributed by atoms with Crippen LogP contribution in [0.4, 0.5) is 0 Å². The Labute approximate surface area is 259 Å². The van der Waals surface area contributed by atoms with Crippen molar-refractivity contribution < 1.29 is 39.3 Å². The van der Waals surface area contributed by atoms with Gasteiger partial charge in [0.05, 0.1) is 6.04 Å². The molecule has 0 saturated heterocycles. The lowest BCUT2D eigenvalue weighted by atomic mass is 10.0. The summed E-state index contributed by atoms with van der Waals surface area (Å²) in [5.41, 5.74) is 23.2. The Morgan fingerprint density at radius 2 is 1.16 bits per heavy atom. The van der Waals surface area contributed by atoms with Gasteiger partial charge in [0.15, 0.2) is 5.96 Å². The molecule has 0 fully saturated rings. The molecule has 244 valence electrons. The third-order valence-corrected chi connectivity index (χ3v) is 6.61. The van der Waals surface area contributed by atoms with Gasteiger partial charge in [-0.3, -0.25) is 24.2 Å². The fourth-order valence-electron chi connectivity index (χ4n) is 4.20. The molecule has 16 nitrogen and oxygen atoms in total. The third-order valence-electron chi connectivity index (χ3n) is 6.61. The number of hydrogen-bond donors (Lipinski definition) is 10. The quantitative estimate of drug-likeness (QED) is 0.0492. The van der Waals surface area contributed by atoms with Gasteiger partial charge in [-0.05, 0) is 61.1 Å². The van der Waals surface area contributed by atoms with E-state index in [1.54, 1.807) is 12.1 Å². The molecular formula is C29H40N8O8. The zero-order valence-electron chi connectivity index (χ0n) is 24.5. The highest BCUT2D eigenvalue weighted by molar-refractivity contribution is 5.94. The predicted molar refractivity (Wildman–Crippen MR) is 163 cm³/mol. The zero-order chi connectivity index (χ0) is 33.5. The molecule has 2 aromatic rings. The summed E-state index contributed by atoms with van der Waals surface area (Å²) in [7, 11) is 0. The minimum atomic E-state index is -1.41. The molecular weight excluding hydrogens is 588 g/mol. The molecule has 45 heavy (non-hydrogen) atoms. The maximum Gasteiger partial charge on any atom is 0.326 e. The largest absolute Gasteiger partial charge is 0.508 e. The molecule has 4 amide bonds. The molecule has 0 heterocycles. The number of aliphatic carboxylic acids is 1. The van der Waals surface area contributed by atoms with Crippen molar-refractivity contribution in [1.29, 1.82) is 0 Å². The predicted octanol–water partition coefficient (Wildman–Crippen LogP) is -1.93. The number of aliphatic imine (C=N–C) groups is 1. The minimum Gasteiger partial charge on any atom is -0.508 e. The average molecular weight is 629 g/mol. The van der Waals surface area contributed by atoms with Crippen LogP contribution in [0.3, 0.4) is 0 Å². The fraction of sp³-hybridized carbons (Fsp3) is 0.379. The molecule has 2 rings (SSSR count). The van der Waals surface area contributed by atoms with E-state index in [1.165, 1.54) is 36.4 Å². The fourth-order valence-corrected chi connectivity index (χ4v) is 4.20. The molecule has 0 aliphatic rings. The van der Waals surface area contributed by atoms with Gasteiger partial charge in [0.1, 0.15) is 29.6 Å². The number of phenols is 2. The number of nitrogens with zero attached hydrogens (tertiary/aromatic N) is 1. The number of aromatic hydroxyl groups is 2. The van der Waals surface area contributed by atoms with Crippen LogP contribution in [0.5, 0.6) is 11.5 Å². The van der Waals surface area contributed by atoms with Crippen molar-refractivity contribution >= 4 is 35.6 Å². The van der Waals surface area contributed by atoms with Crippen molar-refractivity contribution in [3.05, 3.63) is 59.7 Å². The van der Waals surface area contributed by atoms with Crippen molar-refractivity contribution in [1.82, 2.24) is 16.0 Å². The van der Waals surface area contributed by atoms with E-state index < -0.39 is 53.8 Å². The topological polar surface area (TPSA) is 299 Å². The van der Waals surface area contributed by atoms with Crippen LogP contribution in [-0.4, -0.2) is 81.6 Å². The maximum absolute atomic E-state index is 13.4. The molecule has 2 aromatic carbocycles. The van der Waals surface area contributed by atoms with Crippen LogP contribution in [0.1, 0.15) is 36.8 Å². The number of phenolic OH excluding ortho intramolecular Hbond substituents is 2. The summed E-state index contributed by atoms with van der Waals surface area (Å²) in [5, 5.41) is 36.1. The molecule has 4 atom stereocenters. The van der Waals surface area contributed by atoms with Gasteiger partial charge in [-0.25, -0.2) is 4.79 Å². The number of carboxylic acid groups (broad SMARTS) is 1. The molecule has 16 heteroatoms. The number of rotatable bonds is 18. The second-order valence-electron chi connectivity index (χ2n) is 10.3. The summed E-state index contributed by atoms with van der Waals surface area (Å²) in [5.74, 6) is -4.65. The van der Waals surface area contributed by atoms with Gasteiger partial charge < -0.3 is 54.2 Å². The third kappa shape index (κ3) is 13.2. The number of benzene rings is 2. The summed E-state index contributed by atoms with van der Waals surface area (Å²) in [6.07, 6.45) is -0.338. The number of amides is 4. The Kier molecular flexibility index (Phi) is 14.1. The first-order valence-electron chi connectivity index (χ1n) is 14.0. The molecule has 0 aromatic heterocycles. The Morgan fingerprint density at radius 1 is 0.689 bits per heavy atom. The Balaban J connectivity index is 2.20. The van der Waals surface area contributed by atoms with E-state index in [4.69, 9.17) is 22.9 Å². The number of carbonyl (C=O) groups is 5. The lowest BCUT2D eigenvalue weighted by Crippen LogP contribution is -2.57. The van der Waals surface area contributed by atoms with Gasteiger partial charge in [0, 0.05) is 19.4 Å². The first-order chi connectivity index (χ1) is 21.2. The van der Waals surface area contributed by atoms with E-state index in [1.807, 2.05) is 0 Å². The van der Waals surface area contributed by atoms with Crippen molar-refractivity contribution in [3.63, 3.8) is 0 Å². The second kappa shape index (κ2) is 17.7. The van der Waals surface area contributed by atoms with E-state index in [-0.39, 0.29) is 62.5 Å². The SMILES string of the molecule is NC(=O)CCC(NC(=O)C(CCCN=C(N)N)NC(=O)C(N)Cc1ccc(O)cc1)C(=O)NC(Cc1ccc(O)cc1)C(=O)O. The summed E-state index contributed by atoms with van der Waals surface area (Å²) >= 11 is 0. The molecule has 0 saturated carbocycles. The van der Waals surface area contributed by atoms with Crippen LogP contribution in [0.2, 0.25) is 0 Å². The molecule has 4 unspecified atom stereocenters. The van der Waals surface area contributed by atoms with E-state index in [0.29, 0.717) is 11.1 Å². The van der Waals surface area contributed by atoms with E-state index >= 15 is 0 Å². The van der Waals surface area contributed by atoms with Crippen LogP contribution in [-0.2, 0) is 36.8 Å². The first kappa shape index (κ1) is 35.8. The molecule has 0 radical (unpaired) electrons. The monoisotopic (exact) mass is 628 g/mol. The highest BCUT2D eigenvalue weighted by Gasteiger charge is 2.30. The van der Waals surface area contributed by atoms with Gasteiger partial charge in [0.25, 0.3) is 0 Å². The summed E-state index contributed by atoms with van der Waals surface area (Å²) < 4.78 is 0. The van der Waals surface area contributed by atoms with Gasteiger partial charge >= 0.3 is 5.97 Å². The summed E-state index contributed by atoms with van der Waals surface area (Å²) in [4.78, 5) is 66.9. The van der Waals surface area contributed by atoms with Crippen molar-refractivity contribution in [2.45, 2.75) is 62.7 Å². The highest BCUT2D eigenvalue weighted by atomic mass is 16.4. The van der Waals surface area contributed by atoms with Crippen molar-refractivity contribution in [2.75, 3.05) is 6.54 Å². The average Bonchev–Trinajstić information content (AvgIpc) is 2.98. The zero-order valence-corrected chi connectivity index (χ0v) is 24.5. The Bertz CT molecular complexity index is 1350. The normalized spacial score (nSPS) is 13.4. The Morgan fingerprint density at radius 3 is 1.64 bits per heavy atom. The van der Waals surface area contributed by atoms with Crippen LogP contribution in [0, 0.1) is 0 Å². The lowest BCUT2D eigenvalue weighted by molar-refractivity contribution is -0.142. The molecule has 0 aliphatic carbocycles. The first-order valence-corrected chi connectivity index (χ1v) is 14.0. The van der Waals surface area contributed by atoms with Crippen molar-refractivity contribution in [2.24, 2.45) is 27.9 Å². The number of nitrogens with one attached hydrogen (secondary N) is 3. The Hall–Kier alpha value is -5.38. The number of carbonyl (C=O) groups excluding carboxylic acids is 4. The number of primary amides is 1. The molecule has 0 aliphatic heterocycles. The van der Waals surface area contributed by atoms with E-state index in [2.05, 4.69) is 20.9 Å². The number of nitrogens with two attached hydrogens (primary N) is 4. The van der Waals surface area contributed by atoms with Crippen LogP contribution in [0.15, 0.2) is 53.5 Å². The van der Waals surface area contributed by atoms with E-state index in [9.17, 15) is 39.3 Å². The highest BCUT2D eigenvalue weighted by Crippen LogP contribution is 2.13. The smallest absolute Gasteiger partial charge is 0.326 e. The van der Waals surface area contributed by atoms with Gasteiger partial charge in [-0.1, -0.05) is 24.3 Å². The molecule has 0 spiro atoms. The minimum absolute atomic E-state index is 0.0230. The molecule has 14 N–H and O–H groups in total. The van der Waals surface area contributed by atoms with Crippen LogP contribution >= 0.6 is 0 Å². The van der Waals surface area contributed by atoms with Gasteiger partial charge in [-0.2, -0.15) is 0 Å². The number of carboxylic acids is 1. The van der Waals surface area contributed by atoms with E-state index in [0.717, 1.165) is 0 Å². The van der Waals surface area contributed by atoms with Crippen LogP contribution in [0.25, 0.3) is 0 Å². The standard InChI is InChI=1S/C29H40N8O8/c30-20(14-16-3-7-18(38)8-4-16)25(41)35-21(2-1-13-34-29(32)33)26(42)36-22(11-12-24(31)40)27(43)37-23(28(44)45)15-17-5-9-19(39)10-6-17/h3-10,20-23,38-39H,1-2,11-15,30H2,(H2,31,40)(H,35,41)(H,36,42)(H,37,43)(H,44,45)(H4,32,33,34). The summed E-state index contributed by atoms with van der Waals surface area (Å²) in [6, 6.07) is 6.68. The van der Waals surface area contributed by atoms with Gasteiger partial charge in [-0.15, -0.1) is 0 Å².